The molecule has 98 valence electrons. The summed E-state index contributed by atoms with van der Waals surface area (Å²) in [5.41, 5.74) is 0.817. The van der Waals surface area contributed by atoms with Gasteiger partial charge in [0, 0.05) is 11.4 Å². The van der Waals surface area contributed by atoms with Gasteiger partial charge in [-0.05, 0) is 13.0 Å². The van der Waals surface area contributed by atoms with Gasteiger partial charge in [-0.3, -0.25) is 0 Å². The fraction of sp³-hybridized carbons (Fsp3) is 0.727. The van der Waals surface area contributed by atoms with Crippen LogP contribution in [-0.2, 0) is 19.4 Å². The minimum atomic E-state index is -4.17. The quantitative estimate of drug-likeness (QED) is 0.854. The van der Waals surface area contributed by atoms with E-state index < -0.39 is 12.6 Å². The summed E-state index contributed by atoms with van der Waals surface area (Å²) >= 11 is 1.17. The molecule has 2 nitrogen and oxygen atoms in total. The molecule has 0 aliphatic heterocycles. The van der Waals surface area contributed by atoms with E-state index in [2.05, 4.69) is 10.3 Å². The summed E-state index contributed by atoms with van der Waals surface area (Å²) in [6, 6.07) is 0. The lowest BCUT2D eigenvalue weighted by molar-refractivity contribution is -0.127. The largest absolute Gasteiger partial charge is 0.395 e. The van der Waals surface area contributed by atoms with Crippen LogP contribution in [0.5, 0.6) is 0 Å². The average molecular weight is 266 g/mol. The molecule has 1 rings (SSSR count). The van der Waals surface area contributed by atoms with Crippen molar-refractivity contribution in [2.45, 2.75) is 45.8 Å². The van der Waals surface area contributed by atoms with Crippen LogP contribution in [0.3, 0.4) is 0 Å². The molecular weight excluding hydrogens is 249 g/mol. The molecule has 0 saturated carbocycles. The molecule has 0 spiro atoms. The van der Waals surface area contributed by atoms with Crippen molar-refractivity contribution in [3.8, 4) is 0 Å². The van der Waals surface area contributed by atoms with Crippen LogP contribution in [0.1, 0.15) is 35.8 Å². The topological polar surface area (TPSA) is 24.9 Å². The summed E-state index contributed by atoms with van der Waals surface area (Å²) < 4.78 is 36.8. The fourth-order valence-electron chi connectivity index (χ4n) is 1.49. The number of rotatable bonds is 6. The molecule has 1 aromatic rings. The van der Waals surface area contributed by atoms with Crippen LogP contribution in [0.2, 0.25) is 0 Å². The molecule has 0 bridgehead atoms. The van der Waals surface area contributed by atoms with Gasteiger partial charge in [-0.15, -0.1) is 11.3 Å². The zero-order valence-electron chi connectivity index (χ0n) is 10.0. The number of thiazole rings is 1. The molecule has 0 aliphatic rings. The third kappa shape index (κ3) is 5.04. The van der Waals surface area contributed by atoms with E-state index in [9.17, 15) is 13.2 Å². The predicted molar refractivity (Wildman–Crippen MR) is 63.2 cm³/mol. The van der Waals surface area contributed by atoms with Gasteiger partial charge < -0.3 is 5.32 Å². The van der Waals surface area contributed by atoms with Crippen LogP contribution in [0.25, 0.3) is 0 Å². The summed E-state index contributed by atoms with van der Waals surface area (Å²) in [4.78, 5) is 5.03. The van der Waals surface area contributed by atoms with E-state index in [1.165, 1.54) is 11.3 Å². The van der Waals surface area contributed by atoms with E-state index in [1.54, 1.807) is 0 Å². The monoisotopic (exact) mass is 266 g/mol. The van der Waals surface area contributed by atoms with Crippen molar-refractivity contribution in [1.82, 2.24) is 10.3 Å². The lowest BCUT2D eigenvalue weighted by Crippen LogP contribution is -2.11. The molecule has 0 fully saturated rings. The van der Waals surface area contributed by atoms with Gasteiger partial charge in [0.15, 0.2) is 0 Å². The Labute approximate surface area is 103 Å². The van der Waals surface area contributed by atoms with Gasteiger partial charge in [-0.1, -0.05) is 20.3 Å². The average Bonchev–Trinajstić information content (AvgIpc) is 2.55. The molecule has 1 aromatic heterocycles. The molecule has 1 N–H and O–H groups in total. The van der Waals surface area contributed by atoms with Gasteiger partial charge in [0.2, 0.25) is 0 Å². The molecule has 0 amide bonds. The molecule has 1 heterocycles. The maximum Gasteiger partial charge on any atom is 0.395 e. The van der Waals surface area contributed by atoms with Crippen molar-refractivity contribution < 1.29 is 13.2 Å². The Morgan fingerprint density at radius 3 is 2.53 bits per heavy atom. The highest BCUT2D eigenvalue weighted by atomic mass is 32.1. The van der Waals surface area contributed by atoms with Crippen LogP contribution in [0.4, 0.5) is 13.2 Å². The van der Waals surface area contributed by atoms with E-state index in [1.807, 2.05) is 13.8 Å². The van der Waals surface area contributed by atoms with Crippen LogP contribution in [-0.4, -0.2) is 17.7 Å². The minimum Gasteiger partial charge on any atom is -0.312 e. The Kier molecular flexibility index (Phi) is 5.39. The molecule has 17 heavy (non-hydrogen) atoms. The highest BCUT2D eigenvalue weighted by Gasteiger charge is 2.30. The Bertz CT molecular complexity index is 347. The normalized spacial score (nSPS) is 12.1. The molecule has 0 aromatic carbocycles. The Hall–Kier alpha value is -0.620. The first-order valence-electron chi connectivity index (χ1n) is 5.71. The van der Waals surface area contributed by atoms with E-state index in [4.69, 9.17) is 0 Å². The van der Waals surface area contributed by atoms with Gasteiger partial charge >= 0.3 is 6.18 Å². The summed E-state index contributed by atoms with van der Waals surface area (Å²) in [5, 5.41) is 3.30. The number of alkyl halides is 3. The lowest BCUT2D eigenvalue weighted by atomic mass is 10.2. The van der Waals surface area contributed by atoms with Crippen molar-refractivity contribution in [2.24, 2.45) is 0 Å². The maximum atomic E-state index is 12.3. The van der Waals surface area contributed by atoms with Gasteiger partial charge in [0.1, 0.15) is 5.01 Å². The highest BCUT2D eigenvalue weighted by Crippen LogP contribution is 2.27. The molecule has 0 saturated heterocycles. The van der Waals surface area contributed by atoms with Gasteiger partial charge in [0.05, 0.1) is 12.1 Å². The molecule has 0 atom stereocenters. The first kappa shape index (κ1) is 14.4. The van der Waals surface area contributed by atoms with E-state index in [0.717, 1.165) is 30.0 Å². The molecular formula is C11H17F3N2S. The van der Waals surface area contributed by atoms with Crippen LogP contribution < -0.4 is 5.32 Å². The maximum absolute atomic E-state index is 12.3. The van der Waals surface area contributed by atoms with Crippen LogP contribution in [0.15, 0.2) is 0 Å². The summed E-state index contributed by atoms with van der Waals surface area (Å²) in [5.74, 6) is 0. The summed E-state index contributed by atoms with van der Waals surface area (Å²) in [7, 11) is 0. The number of halogens is 3. The zero-order chi connectivity index (χ0) is 12.9. The number of aromatic nitrogens is 1. The Morgan fingerprint density at radius 2 is 2.00 bits per heavy atom. The van der Waals surface area contributed by atoms with Crippen LogP contribution in [0, 0.1) is 0 Å². The van der Waals surface area contributed by atoms with Crippen molar-refractivity contribution >= 4 is 11.3 Å². The number of hydrogen-bond acceptors (Lipinski definition) is 3. The minimum absolute atomic E-state index is 0.175. The summed E-state index contributed by atoms with van der Waals surface area (Å²) in [6.07, 6.45) is -3.44. The lowest BCUT2D eigenvalue weighted by Gasteiger charge is -2.01. The van der Waals surface area contributed by atoms with Crippen molar-refractivity contribution in [2.75, 3.05) is 6.54 Å². The summed E-state index contributed by atoms with van der Waals surface area (Å²) in [6.45, 7) is 5.39. The first-order chi connectivity index (χ1) is 7.96. The predicted octanol–water partition coefficient (Wildman–Crippen LogP) is 3.31. The van der Waals surface area contributed by atoms with Crippen molar-refractivity contribution in [1.29, 1.82) is 0 Å². The molecule has 0 aliphatic carbocycles. The number of nitrogens with one attached hydrogen (secondary N) is 1. The van der Waals surface area contributed by atoms with E-state index in [0.29, 0.717) is 6.54 Å². The second-order valence-corrected chi connectivity index (χ2v) is 4.97. The zero-order valence-corrected chi connectivity index (χ0v) is 10.8. The molecule has 6 heteroatoms. The number of nitrogens with zero attached hydrogens (tertiary/aromatic N) is 1. The number of hydrogen-bond donors (Lipinski definition) is 1. The molecule has 0 unspecified atom stereocenters. The standard InChI is InChI=1S/C11H17F3N2S/c1-3-5-8-9(7-15-4-2)17-10(16-8)6-11(12,13)14/h15H,3-7H2,1-2H3. The van der Waals surface area contributed by atoms with Gasteiger partial charge in [0.25, 0.3) is 0 Å². The van der Waals surface area contributed by atoms with Crippen LogP contribution >= 0.6 is 11.3 Å². The highest BCUT2D eigenvalue weighted by molar-refractivity contribution is 7.11. The van der Waals surface area contributed by atoms with Crippen molar-refractivity contribution in [3.63, 3.8) is 0 Å². The SMILES string of the molecule is CCCc1nc(CC(F)(F)F)sc1CNCC. The van der Waals surface area contributed by atoms with Gasteiger partial charge in [-0.25, -0.2) is 4.98 Å². The fourth-order valence-corrected chi connectivity index (χ4v) is 2.61. The smallest absolute Gasteiger partial charge is 0.312 e. The third-order valence-electron chi connectivity index (χ3n) is 2.20. The van der Waals surface area contributed by atoms with Gasteiger partial charge in [-0.2, -0.15) is 13.2 Å². The van der Waals surface area contributed by atoms with E-state index >= 15 is 0 Å². The second kappa shape index (κ2) is 6.35. The Morgan fingerprint density at radius 1 is 1.29 bits per heavy atom. The number of aryl methyl sites for hydroxylation is 1. The first-order valence-corrected chi connectivity index (χ1v) is 6.52. The second-order valence-electron chi connectivity index (χ2n) is 3.80. The third-order valence-corrected chi connectivity index (χ3v) is 3.29. The Balaban J connectivity index is 2.79. The molecule has 0 radical (unpaired) electrons. The van der Waals surface area contributed by atoms with Crippen molar-refractivity contribution in [3.05, 3.63) is 15.6 Å². The van der Waals surface area contributed by atoms with E-state index in [-0.39, 0.29) is 5.01 Å².